The van der Waals surface area contributed by atoms with Crippen LogP contribution in [0.5, 0.6) is 0 Å². The van der Waals surface area contributed by atoms with Gasteiger partial charge in [0.1, 0.15) is 5.67 Å². The third-order valence-corrected chi connectivity index (χ3v) is 3.55. The molecule has 0 bridgehead atoms. The minimum Gasteiger partial charge on any atom is -0.244 e. The Kier molecular flexibility index (Phi) is 2.80. The molecule has 72 valence electrons. The van der Waals surface area contributed by atoms with Crippen LogP contribution in [0.4, 0.5) is 4.39 Å². The van der Waals surface area contributed by atoms with E-state index in [1.54, 1.807) is 0 Å². The number of alkyl halides is 1. The fraction of sp³-hybridized carbons (Fsp3) is 1.00. The second-order valence-corrected chi connectivity index (χ2v) is 4.46. The van der Waals surface area contributed by atoms with Gasteiger partial charge in [0.25, 0.3) is 0 Å². The Morgan fingerprint density at radius 1 is 1.08 bits per heavy atom. The molecule has 0 unspecified atom stereocenters. The number of halogens is 1. The lowest BCUT2D eigenvalue weighted by atomic mass is 9.56. The second-order valence-electron chi connectivity index (χ2n) is 4.46. The molecule has 0 aromatic heterocycles. The predicted molar refractivity (Wildman–Crippen MR) is 51.0 cm³/mol. The van der Waals surface area contributed by atoms with E-state index in [2.05, 4.69) is 13.8 Å². The van der Waals surface area contributed by atoms with E-state index in [-0.39, 0.29) is 0 Å². The van der Waals surface area contributed by atoms with Crippen LogP contribution < -0.4 is 0 Å². The SMILES string of the molecule is CCCC1(CC)CC(F)(CC)C1. The summed E-state index contributed by atoms with van der Waals surface area (Å²) in [6, 6.07) is 0. The molecule has 0 saturated heterocycles. The van der Waals surface area contributed by atoms with Crippen molar-refractivity contribution in [2.75, 3.05) is 0 Å². The molecule has 0 aromatic rings. The van der Waals surface area contributed by atoms with Crippen LogP contribution in [0, 0.1) is 5.41 Å². The molecule has 0 radical (unpaired) electrons. The topological polar surface area (TPSA) is 0 Å². The predicted octanol–water partition coefficient (Wildman–Crippen LogP) is 4.10. The van der Waals surface area contributed by atoms with Crippen molar-refractivity contribution in [2.24, 2.45) is 5.41 Å². The summed E-state index contributed by atoms with van der Waals surface area (Å²) in [6.07, 6.45) is 5.93. The lowest BCUT2D eigenvalue weighted by Gasteiger charge is -2.51. The maximum Gasteiger partial charge on any atom is 0.111 e. The maximum atomic E-state index is 13.6. The van der Waals surface area contributed by atoms with Crippen LogP contribution in [-0.4, -0.2) is 5.67 Å². The summed E-state index contributed by atoms with van der Waals surface area (Å²) in [5.74, 6) is 0. The van der Waals surface area contributed by atoms with Crippen molar-refractivity contribution in [1.29, 1.82) is 0 Å². The highest BCUT2D eigenvalue weighted by Crippen LogP contribution is 2.56. The van der Waals surface area contributed by atoms with E-state index >= 15 is 0 Å². The number of hydrogen-bond donors (Lipinski definition) is 0. The van der Waals surface area contributed by atoms with Gasteiger partial charge in [0, 0.05) is 0 Å². The van der Waals surface area contributed by atoms with Gasteiger partial charge >= 0.3 is 0 Å². The van der Waals surface area contributed by atoms with Gasteiger partial charge in [-0.25, -0.2) is 4.39 Å². The van der Waals surface area contributed by atoms with E-state index < -0.39 is 5.67 Å². The standard InChI is InChI=1S/C11H21F/c1-4-7-10(5-2)8-11(12,6-3)9-10/h4-9H2,1-3H3. The Bertz CT molecular complexity index is 145. The van der Waals surface area contributed by atoms with E-state index in [9.17, 15) is 4.39 Å². The fourth-order valence-electron chi connectivity index (χ4n) is 2.68. The van der Waals surface area contributed by atoms with Gasteiger partial charge in [0.15, 0.2) is 0 Å². The summed E-state index contributed by atoms with van der Waals surface area (Å²) >= 11 is 0. The van der Waals surface area contributed by atoms with Crippen molar-refractivity contribution in [3.8, 4) is 0 Å². The van der Waals surface area contributed by atoms with Crippen LogP contribution in [0.15, 0.2) is 0 Å². The van der Waals surface area contributed by atoms with Crippen molar-refractivity contribution in [3.05, 3.63) is 0 Å². The molecule has 0 atom stereocenters. The summed E-state index contributed by atoms with van der Waals surface area (Å²) in [5.41, 5.74) is -0.426. The zero-order valence-electron chi connectivity index (χ0n) is 8.62. The van der Waals surface area contributed by atoms with Gasteiger partial charge in [-0.2, -0.15) is 0 Å². The van der Waals surface area contributed by atoms with Crippen molar-refractivity contribution in [2.45, 2.75) is 65.0 Å². The molecular weight excluding hydrogens is 151 g/mol. The summed E-state index contributed by atoms with van der Waals surface area (Å²) < 4.78 is 13.6. The quantitative estimate of drug-likeness (QED) is 0.599. The van der Waals surface area contributed by atoms with Crippen LogP contribution in [0.25, 0.3) is 0 Å². The Morgan fingerprint density at radius 3 is 2.00 bits per heavy atom. The third kappa shape index (κ3) is 1.65. The van der Waals surface area contributed by atoms with Gasteiger partial charge in [0.2, 0.25) is 0 Å². The van der Waals surface area contributed by atoms with Crippen LogP contribution in [0.2, 0.25) is 0 Å². The molecule has 1 fully saturated rings. The minimum absolute atomic E-state index is 0.375. The summed E-state index contributed by atoms with van der Waals surface area (Å²) in [5, 5.41) is 0. The molecule has 1 saturated carbocycles. The van der Waals surface area contributed by atoms with Gasteiger partial charge in [-0.3, -0.25) is 0 Å². The van der Waals surface area contributed by atoms with Gasteiger partial charge < -0.3 is 0 Å². The van der Waals surface area contributed by atoms with E-state index in [1.807, 2.05) is 6.92 Å². The van der Waals surface area contributed by atoms with Gasteiger partial charge in [-0.15, -0.1) is 0 Å². The van der Waals surface area contributed by atoms with Gasteiger partial charge in [-0.1, -0.05) is 33.6 Å². The average molecular weight is 172 g/mol. The average Bonchev–Trinajstić information content (AvgIpc) is 2.01. The first-order valence-electron chi connectivity index (χ1n) is 5.29. The molecule has 12 heavy (non-hydrogen) atoms. The van der Waals surface area contributed by atoms with Crippen LogP contribution in [0.1, 0.15) is 59.3 Å². The molecule has 0 aromatic carbocycles. The van der Waals surface area contributed by atoms with E-state index in [4.69, 9.17) is 0 Å². The Hall–Kier alpha value is -0.0700. The summed E-state index contributed by atoms with van der Waals surface area (Å²) in [4.78, 5) is 0. The fourth-order valence-corrected chi connectivity index (χ4v) is 2.68. The zero-order chi connectivity index (χ0) is 9.24. The Morgan fingerprint density at radius 2 is 1.67 bits per heavy atom. The first-order chi connectivity index (χ1) is 5.60. The second kappa shape index (κ2) is 3.35. The van der Waals surface area contributed by atoms with Crippen LogP contribution >= 0.6 is 0 Å². The molecular formula is C11H21F. The smallest absolute Gasteiger partial charge is 0.111 e. The molecule has 1 heteroatoms. The van der Waals surface area contributed by atoms with Crippen molar-refractivity contribution in [1.82, 2.24) is 0 Å². The summed E-state index contributed by atoms with van der Waals surface area (Å²) in [7, 11) is 0. The van der Waals surface area contributed by atoms with E-state index in [0.29, 0.717) is 11.8 Å². The lowest BCUT2D eigenvalue weighted by Crippen LogP contribution is -2.48. The summed E-state index contributed by atoms with van der Waals surface area (Å²) in [6.45, 7) is 6.36. The molecule has 1 rings (SSSR count). The molecule has 0 N–H and O–H groups in total. The van der Waals surface area contributed by atoms with Gasteiger partial charge in [0.05, 0.1) is 0 Å². The lowest BCUT2D eigenvalue weighted by molar-refractivity contribution is -0.0777. The monoisotopic (exact) mass is 172 g/mol. The normalized spacial score (nSPS) is 41.0. The number of rotatable bonds is 4. The zero-order valence-corrected chi connectivity index (χ0v) is 8.62. The van der Waals surface area contributed by atoms with E-state index in [1.165, 1.54) is 12.8 Å². The molecule has 0 nitrogen and oxygen atoms in total. The molecule has 0 spiro atoms. The highest BCUT2D eigenvalue weighted by Gasteiger charge is 2.52. The Labute approximate surface area is 75.5 Å². The highest BCUT2D eigenvalue weighted by atomic mass is 19.1. The minimum atomic E-state index is -0.800. The maximum absolute atomic E-state index is 13.6. The first kappa shape index (κ1) is 10.0. The van der Waals surface area contributed by atoms with E-state index in [0.717, 1.165) is 19.3 Å². The molecule has 0 aliphatic heterocycles. The first-order valence-corrected chi connectivity index (χ1v) is 5.29. The van der Waals surface area contributed by atoms with Crippen molar-refractivity contribution in [3.63, 3.8) is 0 Å². The van der Waals surface area contributed by atoms with Crippen molar-refractivity contribution >= 4 is 0 Å². The Balaban J connectivity index is 2.45. The molecule has 0 amide bonds. The third-order valence-electron chi connectivity index (χ3n) is 3.55. The van der Waals surface area contributed by atoms with Crippen LogP contribution in [0.3, 0.4) is 0 Å². The molecule has 1 aliphatic rings. The van der Waals surface area contributed by atoms with Crippen LogP contribution in [-0.2, 0) is 0 Å². The largest absolute Gasteiger partial charge is 0.244 e. The molecule has 0 heterocycles. The highest BCUT2D eigenvalue weighted by molar-refractivity contribution is 5.02. The van der Waals surface area contributed by atoms with Crippen molar-refractivity contribution < 1.29 is 4.39 Å². The molecule has 1 aliphatic carbocycles. The number of hydrogen-bond acceptors (Lipinski definition) is 0. The van der Waals surface area contributed by atoms with Gasteiger partial charge in [-0.05, 0) is 31.1 Å².